The Balaban J connectivity index is 1.77. The van der Waals surface area contributed by atoms with E-state index >= 15 is 0 Å². The summed E-state index contributed by atoms with van der Waals surface area (Å²) in [5.41, 5.74) is 2.69. The molecule has 0 aliphatic heterocycles. The number of sulfone groups is 1. The first kappa shape index (κ1) is 20.6. The van der Waals surface area contributed by atoms with Crippen LogP contribution in [0.15, 0.2) is 95.9 Å². The van der Waals surface area contributed by atoms with Crippen LogP contribution >= 0.6 is 0 Å². The first-order chi connectivity index (χ1) is 14.0. The largest absolute Gasteiger partial charge is 0.351 e. The third kappa shape index (κ3) is 5.42. The summed E-state index contributed by atoms with van der Waals surface area (Å²) in [4.78, 5) is 12.5. The zero-order valence-corrected chi connectivity index (χ0v) is 17.0. The highest BCUT2D eigenvalue weighted by molar-refractivity contribution is 7.91. The first-order valence-electron chi connectivity index (χ1n) is 9.33. The molecule has 148 valence electrons. The van der Waals surface area contributed by atoms with E-state index in [0.717, 1.165) is 11.1 Å². The van der Waals surface area contributed by atoms with Crippen molar-refractivity contribution < 1.29 is 13.2 Å². The van der Waals surface area contributed by atoms with Crippen molar-refractivity contribution in [3.63, 3.8) is 0 Å². The fraction of sp³-hybridized carbons (Fsp3) is 0.125. The summed E-state index contributed by atoms with van der Waals surface area (Å²) in [6.45, 7) is 1.98. The third-order valence-corrected chi connectivity index (χ3v) is 6.70. The monoisotopic (exact) mass is 405 g/mol. The van der Waals surface area contributed by atoms with Crippen LogP contribution in [0.5, 0.6) is 0 Å². The number of hydrogen-bond acceptors (Lipinski definition) is 3. The maximum atomic E-state index is 13.2. The standard InChI is InChI=1S/C24H23NO3S/c1-19-12-14-20(15-13-19)16-17-24(26)25-18-23(21-8-4-2-5-9-21)29(27,28)22-10-6-3-7-11-22/h2-17,23H,18H2,1H3,(H,25,26)/b17-16+/t23-/m1/s1. The van der Waals surface area contributed by atoms with Crippen molar-refractivity contribution in [2.45, 2.75) is 17.1 Å². The van der Waals surface area contributed by atoms with E-state index in [9.17, 15) is 13.2 Å². The molecule has 3 aromatic carbocycles. The molecule has 1 N–H and O–H groups in total. The number of carbonyl (C=O) groups excluding carboxylic acids is 1. The SMILES string of the molecule is Cc1ccc(/C=C/C(=O)NC[C@H](c2ccccc2)S(=O)(=O)c2ccccc2)cc1. The van der Waals surface area contributed by atoms with E-state index < -0.39 is 15.1 Å². The van der Waals surface area contributed by atoms with E-state index in [1.165, 1.54) is 6.08 Å². The lowest BCUT2D eigenvalue weighted by molar-refractivity contribution is -0.116. The second-order valence-electron chi connectivity index (χ2n) is 6.75. The van der Waals surface area contributed by atoms with Crippen LogP contribution in [-0.2, 0) is 14.6 Å². The average Bonchev–Trinajstić information content (AvgIpc) is 2.75. The summed E-state index contributed by atoms with van der Waals surface area (Å²) in [6, 6.07) is 25.0. The molecule has 0 bridgehead atoms. The molecule has 0 spiro atoms. The van der Waals surface area contributed by atoms with Crippen LogP contribution in [-0.4, -0.2) is 20.9 Å². The van der Waals surface area contributed by atoms with Gasteiger partial charge in [-0.15, -0.1) is 0 Å². The van der Waals surface area contributed by atoms with Gasteiger partial charge in [0.25, 0.3) is 0 Å². The molecule has 0 aliphatic rings. The average molecular weight is 406 g/mol. The van der Waals surface area contributed by atoms with E-state index in [4.69, 9.17) is 0 Å². The molecule has 0 saturated heterocycles. The van der Waals surface area contributed by atoms with Gasteiger partial charge in [-0.3, -0.25) is 4.79 Å². The van der Waals surface area contributed by atoms with E-state index in [2.05, 4.69) is 5.32 Å². The van der Waals surface area contributed by atoms with E-state index in [1.54, 1.807) is 60.7 Å². The molecule has 0 radical (unpaired) electrons. The molecule has 4 nitrogen and oxygen atoms in total. The minimum atomic E-state index is -3.66. The number of aryl methyl sites for hydroxylation is 1. The molecule has 5 heteroatoms. The Bertz CT molecular complexity index is 1070. The van der Waals surface area contributed by atoms with Crippen LogP contribution in [0.4, 0.5) is 0 Å². The summed E-state index contributed by atoms with van der Waals surface area (Å²) in [5.74, 6) is -0.338. The van der Waals surface area contributed by atoms with E-state index in [1.807, 2.05) is 37.3 Å². The van der Waals surface area contributed by atoms with Gasteiger partial charge < -0.3 is 5.32 Å². The summed E-state index contributed by atoms with van der Waals surface area (Å²) >= 11 is 0. The van der Waals surface area contributed by atoms with Crippen LogP contribution in [0.25, 0.3) is 6.08 Å². The highest BCUT2D eigenvalue weighted by atomic mass is 32.2. The number of nitrogens with one attached hydrogen (secondary N) is 1. The highest BCUT2D eigenvalue weighted by Gasteiger charge is 2.29. The van der Waals surface area contributed by atoms with E-state index in [-0.39, 0.29) is 17.3 Å². The minimum absolute atomic E-state index is 0.0156. The summed E-state index contributed by atoms with van der Waals surface area (Å²) in [5, 5.41) is 1.86. The number of rotatable bonds is 7. The van der Waals surface area contributed by atoms with Gasteiger partial charge in [-0.25, -0.2) is 8.42 Å². The van der Waals surface area contributed by atoms with Crippen LogP contribution in [0, 0.1) is 6.92 Å². The smallest absolute Gasteiger partial charge is 0.244 e. The lowest BCUT2D eigenvalue weighted by atomic mass is 10.1. The fourth-order valence-corrected chi connectivity index (χ4v) is 4.63. The molecule has 0 saturated carbocycles. The van der Waals surface area contributed by atoms with Crippen molar-refractivity contribution in [3.05, 3.63) is 108 Å². The maximum absolute atomic E-state index is 13.2. The second-order valence-corrected chi connectivity index (χ2v) is 8.88. The molecule has 0 aromatic heterocycles. The Hall–Kier alpha value is -3.18. The Morgan fingerprint density at radius 2 is 1.48 bits per heavy atom. The lowest BCUT2D eigenvalue weighted by Crippen LogP contribution is -2.30. The Labute approximate surface area is 171 Å². The first-order valence-corrected chi connectivity index (χ1v) is 10.9. The van der Waals surface area contributed by atoms with Gasteiger partial charge in [0.15, 0.2) is 9.84 Å². The summed E-state index contributed by atoms with van der Waals surface area (Å²) in [6.07, 6.45) is 3.12. The van der Waals surface area contributed by atoms with Crippen molar-refractivity contribution in [2.24, 2.45) is 0 Å². The Morgan fingerprint density at radius 3 is 2.10 bits per heavy atom. The molecular formula is C24H23NO3S. The molecule has 29 heavy (non-hydrogen) atoms. The predicted molar refractivity (Wildman–Crippen MR) is 116 cm³/mol. The zero-order chi connectivity index (χ0) is 20.7. The lowest BCUT2D eigenvalue weighted by Gasteiger charge is -2.18. The zero-order valence-electron chi connectivity index (χ0n) is 16.2. The molecular weight excluding hydrogens is 382 g/mol. The van der Waals surface area contributed by atoms with Crippen molar-refractivity contribution in [3.8, 4) is 0 Å². The maximum Gasteiger partial charge on any atom is 0.244 e. The van der Waals surface area contributed by atoms with Crippen molar-refractivity contribution in [1.29, 1.82) is 0 Å². The van der Waals surface area contributed by atoms with E-state index in [0.29, 0.717) is 5.56 Å². The highest BCUT2D eigenvalue weighted by Crippen LogP contribution is 2.28. The normalized spacial score (nSPS) is 12.6. The Kier molecular flexibility index (Phi) is 6.62. The molecule has 3 aromatic rings. The van der Waals surface area contributed by atoms with Crippen LogP contribution < -0.4 is 5.32 Å². The van der Waals surface area contributed by atoms with Crippen LogP contribution in [0.2, 0.25) is 0 Å². The molecule has 0 unspecified atom stereocenters. The second kappa shape index (κ2) is 9.34. The molecule has 1 amide bonds. The van der Waals surface area contributed by atoms with Gasteiger partial charge in [-0.1, -0.05) is 78.4 Å². The molecule has 1 atom stereocenters. The van der Waals surface area contributed by atoms with Gasteiger partial charge in [0, 0.05) is 12.6 Å². The van der Waals surface area contributed by atoms with Gasteiger partial charge in [0.05, 0.1) is 4.90 Å². The van der Waals surface area contributed by atoms with Crippen molar-refractivity contribution in [1.82, 2.24) is 5.32 Å². The molecule has 0 heterocycles. The fourth-order valence-electron chi connectivity index (χ4n) is 2.95. The number of carbonyl (C=O) groups is 1. The van der Waals surface area contributed by atoms with Gasteiger partial charge in [-0.05, 0) is 36.3 Å². The third-order valence-electron chi connectivity index (χ3n) is 4.58. The van der Waals surface area contributed by atoms with Crippen molar-refractivity contribution in [2.75, 3.05) is 6.54 Å². The van der Waals surface area contributed by atoms with Crippen molar-refractivity contribution >= 4 is 21.8 Å². The van der Waals surface area contributed by atoms with Gasteiger partial charge in [-0.2, -0.15) is 0 Å². The van der Waals surface area contributed by atoms with Gasteiger partial charge >= 0.3 is 0 Å². The van der Waals surface area contributed by atoms with Crippen LogP contribution in [0.3, 0.4) is 0 Å². The van der Waals surface area contributed by atoms with Crippen LogP contribution in [0.1, 0.15) is 21.9 Å². The number of hydrogen-bond donors (Lipinski definition) is 1. The van der Waals surface area contributed by atoms with Gasteiger partial charge in [0.2, 0.25) is 5.91 Å². The number of amides is 1. The summed E-state index contributed by atoms with van der Waals surface area (Å²) < 4.78 is 26.4. The minimum Gasteiger partial charge on any atom is -0.351 e. The molecule has 3 rings (SSSR count). The molecule has 0 fully saturated rings. The quantitative estimate of drug-likeness (QED) is 0.595. The summed E-state index contributed by atoms with van der Waals surface area (Å²) in [7, 11) is -3.66. The predicted octanol–water partition coefficient (Wildman–Crippen LogP) is 4.34. The van der Waals surface area contributed by atoms with Gasteiger partial charge in [0.1, 0.15) is 5.25 Å². The number of benzene rings is 3. The topological polar surface area (TPSA) is 63.2 Å². The Morgan fingerprint density at radius 1 is 0.897 bits per heavy atom. The molecule has 0 aliphatic carbocycles.